The van der Waals surface area contributed by atoms with E-state index in [-0.39, 0.29) is 0 Å². The lowest BCUT2D eigenvalue weighted by molar-refractivity contribution is 1.15. The highest BCUT2D eigenvalue weighted by molar-refractivity contribution is 6.31. The van der Waals surface area contributed by atoms with Crippen LogP contribution in [-0.4, -0.2) is 0 Å². The molecule has 0 bridgehead atoms. The third kappa shape index (κ3) is 2.52. The summed E-state index contributed by atoms with van der Waals surface area (Å²) in [5.74, 6) is 0. The average Bonchev–Trinajstić information content (AvgIpc) is 1.90. The number of hydrogen-bond donors (Lipinski definition) is 0. The highest BCUT2D eigenvalue weighted by Gasteiger charge is 1.91. The summed E-state index contributed by atoms with van der Waals surface area (Å²) in [6, 6.07) is 0. The zero-order valence-corrected chi connectivity index (χ0v) is 6.41. The lowest BCUT2D eigenvalue weighted by Crippen LogP contribution is -1.75. The molecule has 0 heterocycles. The largest absolute Gasteiger partial charge is 0.0987 e. The van der Waals surface area contributed by atoms with Crippen molar-refractivity contribution >= 4 is 11.6 Å². The zero-order valence-electron chi connectivity index (χ0n) is 5.65. The van der Waals surface area contributed by atoms with E-state index in [0.29, 0.717) is 5.03 Å². The van der Waals surface area contributed by atoms with Gasteiger partial charge in [0.25, 0.3) is 0 Å². The highest BCUT2D eigenvalue weighted by Crippen LogP contribution is 2.13. The molecular weight excluding hydrogens is 132 g/mol. The van der Waals surface area contributed by atoms with Gasteiger partial charge in [-0.25, -0.2) is 0 Å². The molecule has 0 aromatic rings. The van der Waals surface area contributed by atoms with Crippen LogP contribution in [0.1, 0.15) is 13.3 Å². The Morgan fingerprint density at radius 1 is 1.44 bits per heavy atom. The minimum Gasteiger partial charge on any atom is -0.0987 e. The molecule has 9 heavy (non-hydrogen) atoms. The fourth-order valence-electron chi connectivity index (χ4n) is 0.542. The van der Waals surface area contributed by atoms with E-state index in [2.05, 4.69) is 13.2 Å². The first-order valence-electron chi connectivity index (χ1n) is 2.89. The normalized spacial score (nSPS) is 12.2. The van der Waals surface area contributed by atoms with Gasteiger partial charge in [-0.05, 0) is 12.0 Å². The van der Waals surface area contributed by atoms with Gasteiger partial charge in [0.05, 0.1) is 0 Å². The van der Waals surface area contributed by atoms with Gasteiger partial charge in [-0.3, -0.25) is 0 Å². The standard InChI is InChI=1S/C8H11Cl/c1-4-7(5-2)8(9)6-3/h4,6H,1,3,5H2,2H3/b8-7-. The van der Waals surface area contributed by atoms with Crippen LogP contribution in [0.25, 0.3) is 0 Å². The monoisotopic (exact) mass is 142 g/mol. The second-order valence-electron chi connectivity index (χ2n) is 1.63. The first-order valence-corrected chi connectivity index (χ1v) is 3.27. The van der Waals surface area contributed by atoms with Crippen molar-refractivity contribution in [2.24, 2.45) is 0 Å². The first kappa shape index (κ1) is 8.51. The maximum Gasteiger partial charge on any atom is 0.0431 e. The third-order valence-corrected chi connectivity index (χ3v) is 1.51. The minimum atomic E-state index is 0.701. The average molecular weight is 143 g/mol. The second kappa shape index (κ2) is 4.39. The molecule has 0 spiro atoms. The van der Waals surface area contributed by atoms with Crippen molar-refractivity contribution in [3.05, 3.63) is 35.9 Å². The molecule has 0 atom stereocenters. The molecule has 0 radical (unpaired) electrons. The maximum atomic E-state index is 5.72. The van der Waals surface area contributed by atoms with Crippen LogP contribution < -0.4 is 0 Å². The van der Waals surface area contributed by atoms with Crippen molar-refractivity contribution in [1.82, 2.24) is 0 Å². The lowest BCUT2D eigenvalue weighted by atomic mass is 10.2. The van der Waals surface area contributed by atoms with E-state index in [1.54, 1.807) is 12.2 Å². The van der Waals surface area contributed by atoms with Crippen LogP contribution in [-0.2, 0) is 0 Å². The minimum absolute atomic E-state index is 0.701. The summed E-state index contributed by atoms with van der Waals surface area (Å²) in [5.41, 5.74) is 1.05. The number of hydrogen-bond acceptors (Lipinski definition) is 0. The molecule has 0 N–H and O–H groups in total. The van der Waals surface area contributed by atoms with Gasteiger partial charge in [-0.1, -0.05) is 43.8 Å². The molecular formula is C8H11Cl. The van der Waals surface area contributed by atoms with Crippen molar-refractivity contribution in [3.63, 3.8) is 0 Å². The van der Waals surface area contributed by atoms with Crippen LogP contribution in [0.4, 0.5) is 0 Å². The van der Waals surface area contributed by atoms with Crippen molar-refractivity contribution in [1.29, 1.82) is 0 Å². The van der Waals surface area contributed by atoms with E-state index in [1.807, 2.05) is 6.92 Å². The molecule has 0 aromatic heterocycles. The summed E-state index contributed by atoms with van der Waals surface area (Å²) in [5, 5.41) is 0.701. The van der Waals surface area contributed by atoms with E-state index >= 15 is 0 Å². The van der Waals surface area contributed by atoms with Crippen molar-refractivity contribution < 1.29 is 0 Å². The first-order chi connectivity index (χ1) is 4.26. The molecule has 0 aliphatic rings. The van der Waals surface area contributed by atoms with Crippen molar-refractivity contribution in [2.75, 3.05) is 0 Å². The third-order valence-electron chi connectivity index (χ3n) is 1.11. The fourth-order valence-corrected chi connectivity index (χ4v) is 0.753. The smallest absolute Gasteiger partial charge is 0.0431 e. The van der Waals surface area contributed by atoms with E-state index in [4.69, 9.17) is 11.6 Å². The SMILES string of the molecule is C=C/C(Cl)=C(\C=C)CC. The van der Waals surface area contributed by atoms with Gasteiger partial charge in [0.1, 0.15) is 0 Å². The summed E-state index contributed by atoms with van der Waals surface area (Å²) in [6.07, 6.45) is 4.29. The predicted octanol–water partition coefficient (Wildman–Crippen LogP) is 3.26. The Bertz CT molecular complexity index is 143. The Morgan fingerprint density at radius 2 is 2.00 bits per heavy atom. The Morgan fingerprint density at radius 3 is 2.11 bits per heavy atom. The Kier molecular flexibility index (Phi) is 4.16. The molecule has 1 heteroatoms. The Hall–Kier alpha value is -0.490. The van der Waals surface area contributed by atoms with Crippen LogP contribution in [0.15, 0.2) is 35.9 Å². The summed E-state index contributed by atoms with van der Waals surface area (Å²) < 4.78 is 0. The van der Waals surface area contributed by atoms with Gasteiger partial charge in [0.15, 0.2) is 0 Å². The van der Waals surface area contributed by atoms with Gasteiger partial charge in [-0.15, -0.1) is 0 Å². The van der Waals surface area contributed by atoms with E-state index in [0.717, 1.165) is 12.0 Å². The molecule has 0 fully saturated rings. The Labute approximate surface area is 61.5 Å². The quantitative estimate of drug-likeness (QED) is 0.531. The molecule has 50 valence electrons. The molecule has 0 saturated heterocycles. The van der Waals surface area contributed by atoms with E-state index < -0.39 is 0 Å². The van der Waals surface area contributed by atoms with E-state index in [1.165, 1.54) is 0 Å². The number of rotatable bonds is 3. The molecule has 0 amide bonds. The number of allylic oxidation sites excluding steroid dienone is 4. The fraction of sp³-hybridized carbons (Fsp3) is 0.250. The Balaban J connectivity index is 4.36. The molecule has 0 aromatic carbocycles. The van der Waals surface area contributed by atoms with Crippen LogP contribution in [0.3, 0.4) is 0 Å². The maximum absolute atomic E-state index is 5.72. The molecule has 0 unspecified atom stereocenters. The summed E-state index contributed by atoms with van der Waals surface area (Å²) in [4.78, 5) is 0. The van der Waals surface area contributed by atoms with Crippen LogP contribution in [0.2, 0.25) is 0 Å². The van der Waals surface area contributed by atoms with Gasteiger partial charge < -0.3 is 0 Å². The molecule has 0 saturated carbocycles. The second-order valence-corrected chi connectivity index (χ2v) is 2.04. The molecule has 0 nitrogen and oxygen atoms in total. The molecule has 0 aliphatic heterocycles. The molecule has 0 aliphatic carbocycles. The summed E-state index contributed by atoms with van der Waals surface area (Å²) >= 11 is 5.72. The van der Waals surface area contributed by atoms with Gasteiger partial charge in [0.2, 0.25) is 0 Å². The molecule has 0 rings (SSSR count). The number of halogens is 1. The van der Waals surface area contributed by atoms with Crippen LogP contribution in [0, 0.1) is 0 Å². The predicted molar refractivity (Wildman–Crippen MR) is 43.6 cm³/mol. The summed E-state index contributed by atoms with van der Waals surface area (Å²) in [7, 11) is 0. The van der Waals surface area contributed by atoms with Crippen LogP contribution in [0.5, 0.6) is 0 Å². The van der Waals surface area contributed by atoms with Gasteiger partial charge >= 0.3 is 0 Å². The topological polar surface area (TPSA) is 0 Å². The zero-order chi connectivity index (χ0) is 7.28. The van der Waals surface area contributed by atoms with Crippen LogP contribution >= 0.6 is 11.6 Å². The van der Waals surface area contributed by atoms with Crippen molar-refractivity contribution in [2.45, 2.75) is 13.3 Å². The van der Waals surface area contributed by atoms with Crippen molar-refractivity contribution in [3.8, 4) is 0 Å². The summed E-state index contributed by atoms with van der Waals surface area (Å²) in [6.45, 7) is 9.18. The highest BCUT2D eigenvalue weighted by atomic mass is 35.5. The van der Waals surface area contributed by atoms with E-state index in [9.17, 15) is 0 Å². The van der Waals surface area contributed by atoms with Gasteiger partial charge in [0, 0.05) is 5.03 Å². The van der Waals surface area contributed by atoms with Gasteiger partial charge in [-0.2, -0.15) is 0 Å². The lowest BCUT2D eigenvalue weighted by Gasteiger charge is -1.95.